The molecule has 2 heterocycles. The van der Waals surface area contributed by atoms with Crippen LogP contribution in [0.1, 0.15) is 26.0 Å². The lowest BCUT2D eigenvalue weighted by molar-refractivity contribution is -0.123. The zero-order chi connectivity index (χ0) is 13.3. The van der Waals surface area contributed by atoms with E-state index in [0.29, 0.717) is 16.6 Å². The quantitative estimate of drug-likeness (QED) is 0.621. The maximum Gasteiger partial charge on any atom is 0.277 e. The first-order chi connectivity index (χ1) is 8.56. The predicted octanol–water partition coefficient (Wildman–Crippen LogP) is 2.48. The summed E-state index contributed by atoms with van der Waals surface area (Å²) >= 11 is 5.32. The summed E-state index contributed by atoms with van der Waals surface area (Å²) in [6.07, 6.45) is 4.17. The van der Waals surface area contributed by atoms with Crippen molar-refractivity contribution in [2.75, 3.05) is 7.05 Å². The smallest absolute Gasteiger partial charge is 0.277 e. The van der Waals surface area contributed by atoms with Gasteiger partial charge in [0.2, 0.25) is 0 Å². The molecule has 1 amide bonds. The monoisotopic (exact) mass is 264 g/mol. The molecule has 1 unspecified atom stereocenters. The molecule has 0 spiro atoms. The van der Waals surface area contributed by atoms with Gasteiger partial charge in [0.05, 0.1) is 6.26 Å². The summed E-state index contributed by atoms with van der Waals surface area (Å²) in [4.78, 5) is 15.7. The van der Waals surface area contributed by atoms with Gasteiger partial charge in [-0.2, -0.15) is 0 Å². The van der Waals surface area contributed by atoms with Crippen LogP contribution < -0.4 is 0 Å². The minimum atomic E-state index is -0.0618. The van der Waals surface area contributed by atoms with E-state index < -0.39 is 0 Å². The highest BCUT2D eigenvalue weighted by Gasteiger charge is 2.38. The zero-order valence-electron chi connectivity index (χ0n) is 10.7. The van der Waals surface area contributed by atoms with Crippen LogP contribution in [0.5, 0.6) is 0 Å². The number of hydrogen-bond donors (Lipinski definition) is 0. The van der Waals surface area contributed by atoms with Gasteiger partial charge in [0.1, 0.15) is 11.5 Å². The number of hydrogen-bond acceptors (Lipinski definition) is 3. The fraction of sp³-hybridized carbons (Fsp3) is 0.385. The molecule has 1 saturated heterocycles. The molecule has 4 nitrogen and oxygen atoms in total. The fourth-order valence-electron chi connectivity index (χ4n) is 1.86. The van der Waals surface area contributed by atoms with Crippen LogP contribution in [0, 0.1) is 0 Å². The first kappa shape index (κ1) is 12.8. The Kier molecular flexibility index (Phi) is 3.52. The van der Waals surface area contributed by atoms with Gasteiger partial charge in [0, 0.05) is 19.2 Å². The summed E-state index contributed by atoms with van der Waals surface area (Å²) in [5.74, 6) is 0.590. The summed E-state index contributed by atoms with van der Waals surface area (Å²) in [5.41, 5.74) is 0.551. The third-order valence-electron chi connectivity index (χ3n) is 3.15. The molecule has 18 heavy (non-hydrogen) atoms. The molecule has 2 rings (SSSR count). The van der Waals surface area contributed by atoms with Crippen LogP contribution >= 0.6 is 12.2 Å². The third-order valence-corrected chi connectivity index (χ3v) is 3.62. The first-order valence-electron chi connectivity index (χ1n) is 5.92. The van der Waals surface area contributed by atoms with Gasteiger partial charge >= 0.3 is 0 Å². The summed E-state index contributed by atoms with van der Waals surface area (Å²) < 4.78 is 5.23. The molecule has 0 N–H and O–H groups in total. The Labute approximate surface area is 112 Å². The lowest BCUT2D eigenvalue weighted by Crippen LogP contribution is -2.38. The van der Waals surface area contributed by atoms with Gasteiger partial charge in [0.25, 0.3) is 5.91 Å². The van der Waals surface area contributed by atoms with Crippen molar-refractivity contribution < 1.29 is 9.21 Å². The largest absolute Gasteiger partial charge is 0.465 e. The van der Waals surface area contributed by atoms with E-state index in [1.165, 1.54) is 0 Å². The highest BCUT2D eigenvalue weighted by atomic mass is 32.1. The number of furan rings is 1. The van der Waals surface area contributed by atoms with Gasteiger partial charge in [-0.05, 0) is 37.7 Å². The Bertz CT molecular complexity index is 493. The van der Waals surface area contributed by atoms with Crippen molar-refractivity contribution in [1.82, 2.24) is 9.80 Å². The minimum absolute atomic E-state index is 0.0618. The van der Waals surface area contributed by atoms with Gasteiger partial charge in [-0.15, -0.1) is 0 Å². The number of amides is 1. The molecule has 0 radical (unpaired) electrons. The van der Waals surface area contributed by atoms with Crippen LogP contribution in [-0.4, -0.2) is 33.9 Å². The van der Waals surface area contributed by atoms with Crippen LogP contribution in [0.3, 0.4) is 0 Å². The van der Waals surface area contributed by atoms with Crippen molar-refractivity contribution in [3.05, 3.63) is 29.9 Å². The predicted molar refractivity (Wildman–Crippen MR) is 73.6 cm³/mol. The standard InChI is InChI=1S/C13H16N2O2S/c1-4-9(2)15-12(16)11(14(3)13(15)18)8-10-6-5-7-17-10/h5-9H,4H2,1-3H3. The van der Waals surface area contributed by atoms with E-state index in [-0.39, 0.29) is 11.9 Å². The molecule has 1 aromatic rings. The summed E-state index contributed by atoms with van der Waals surface area (Å²) in [6.45, 7) is 4.03. The molecule has 1 aromatic heterocycles. The molecule has 0 bridgehead atoms. The second-order valence-corrected chi connectivity index (χ2v) is 4.68. The van der Waals surface area contributed by atoms with Crippen molar-refractivity contribution in [3.63, 3.8) is 0 Å². The molecular weight excluding hydrogens is 248 g/mol. The molecule has 1 atom stereocenters. The molecule has 0 saturated carbocycles. The van der Waals surface area contributed by atoms with Gasteiger partial charge in [-0.3, -0.25) is 9.69 Å². The molecule has 1 aliphatic heterocycles. The molecule has 5 heteroatoms. The number of rotatable bonds is 3. The Hall–Kier alpha value is -1.62. The van der Waals surface area contributed by atoms with E-state index in [0.717, 1.165) is 6.42 Å². The zero-order valence-corrected chi connectivity index (χ0v) is 11.5. The highest BCUT2D eigenvalue weighted by molar-refractivity contribution is 7.80. The van der Waals surface area contributed by atoms with Gasteiger partial charge in [0.15, 0.2) is 5.11 Å². The average Bonchev–Trinajstić information content (AvgIpc) is 2.93. The van der Waals surface area contributed by atoms with Crippen LogP contribution in [0.15, 0.2) is 28.5 Å². The maximum atomic E-state index is 12.3. The molecule has 1 aliphatic rings. The average molecular weight is 264 g/mol. The Morgan fingerprint density at radius 1 is 1.56 bits per heavy atom. The lowest BCUT2D eigenvalue weighted by Gasteiger charge is -2.22. The van der Waals surface area contributed by atoms with E-state index in [4.69, 9.17) is 16.6 Å². The van der Waals surface area contributed by atoms with Crippen molar-refractivity contribution in [2.45, 2.75) is 26.3 Å². The van der Waals surface area contributed by atoms with Crippen molar-refractivity contribution in [1.29, 1.82) is 0 Å². The normalized spacial score (nSPS) is 20.1. The van der Waals surface area contributed by atoms with Crippen molar-refractivity contribution >= 4 is 29.3 Å². The van der Waals surface area contributed by atoms with E-state index in [9.17, 15) is 4.79 Å². The van der Waals surface area contributed by atoms with Crippen LogP contribution in [0.2, 0.25) is 0 Å². The molecule has 0 aromatic carbocycles. The minimum Gasteiger partial charge on any atom is -0.465 e. The molecule has 1 fully saturated rings. The molecule has 0 aliphatic carbocycles. The number of nitrogens with zero attached hydrogens (tertiary/aromatic N) is 2. The van der Waals surface area contributed by atoms with Crippen molar-refractivity contribution in [3.8, 4) is 0 Å². The van der Waals surface area contributed by atoms with Crippen molar-refractivity contribution in [2.24, 2.45) is 0 Å². The summed E-state index contributed by atoms with van der Waals surface area (Å²) in [7, 11) is 1.80. The molecule has 96 valence electrons. The van der Waals surface area contributed by atoms with E-state index in [2.05, 4.69) is 0 Å². The number of thiocarbonyl (C=S) groups is 1. The van der Waals surface area contributed by atoms with Crippen LogP contribution in [0.25, 0.3) is 6.08 Å². The Balaban J connectivity index is 2.34. The lowest BCUT2D eigenvalue weighted by atomic mass is 10.2. The highest BCUT2D eigenvalue weighted by Crippen LogP contribution is 2.24. The second-order valence-electron chi connectivity index (χ2n) is 4.32. The third kappa shape index (κ3) is 2.06. The van der Waals surface area contributed by atoms with E-state index >= 15 is 0 Å². The van der Waals surface area contributed by atoms with Gasteiger partial charge in [-0.25, -0.2) is 0 Å². The topological polar surface area (TPSA) is 36.7 Å². The van der Waals surface area contributed by atoms with Gasteiger partial charge in [-0.1, -0.05) is 6.92 Å². The number of likely N-dealkylation sites (N-methyl/N-ethyl adjacent to an activating group) is 1. The number of carbonyl (C=O) groups excluding carboxylic acids is 1. The van der Waals surface area contributed by atoms with Crippen LogP contribution in [0.4, 0.5) is 0 Å². The van der Waals surface area contributed by atoms with Gasteiger partial charge < -0.3 is 9.32 Å². The SMILES string of the molecule is CCC(C)N1C(=O)C(=Cc2ccco2)N(C)C1=S. The molecular formula is C13H16N2O2S. The first-order valence-corrected chi connectivity index (χ1v) is 6.33. The Morgan fingerprint density at radius 2 is 2.28 bits per heavy atom. The maximum absolute atomic E-state index is 12.3. The summed E-state index contributed by atoms with van der Waals surface area (Å²) in [6, 6.07) is 3.70. The van der Waals surface area contributed by atoms with Crippen LogP contribution in [-0.2, 0) is 4.79 Å². The second kappa shape index (κ2) is 4.94. The Morgan fingerprint density at radius 3 is 2.83 bits per heavy atom. The fourth-order valence-corrected chi connectivity index (χ4v) is 2.22. The van der Waals surface area contributed by atoms with E-state index in [1.807, 2.05) is 19.9 Å². The van der Waals surface area contributed by atoms with E-state index in [1.54, 1.807) is 35.3 Å². The summed E-state index contributed by atoms with van der Waals surface area (Å²) in [5, 5.41) is 0.548. The number of carbonyl (C=O) groups is 1.